The first-order valence-corrected chi connectivity index (χ1v) is 6.40. The minimum atomic E-state index is -4.42. The van der Waals surface area contributed by atoms with Crippen molar-refractivity contribution in [2.24, 2.45) is 0 Å². The summed E-state index contributed by atoms with van der Waals surface area (Å²) < 4.78 is 45.9. The molecule has 20 heavy (non-hydrogen) atoms. The molecular weight excluding hydrogens is 275 g/mol. The quantitative estimate of drug-likeness (QED) is 0.861. The van der Waals surface area contributed by atoms with Gasteiger partial charge >= 0.3 is 12.1 Å². The number of carbonyl (C=O) groups is 1. The van der Waals surface area contributed by atoms with Gasteiger partial charge in [-0.1, -0.05) is 0 Å². The van der Waals surface area contributed by atoms with Crippen LogP contribution in [0.4, 0.5) is 13.2 Å². The molecular formula is C12H16F3N3O2. The van der Waals surface area contributed by atoms with E-state index >= 15 is 0 Å². The second kappa shape index (κ2) is 5.43. The van der Waals surface area contributed by atoms with Crippen molar-refractivity contribution in [3.05, 3.63) is 18.0 Å². The molecule has 0 bridgehead atoms. The summed E-state index contributed by atoms with van der Waals surface area (Å²) in [7, 11) is 0. The average molecular weight is 291 g/mol. The van der Waals surface area contributed by atoms with Gasteiger partial charge in [-0.3, -0.25) is 4.68 Å². The lowest BCUT2D eigenvalue weighted by molar-refractivity contribution is -0.226. The van der Waals surface area contributed by atoms with Crippen LogP contribution in [0, 0.1) is 0 Å². The van der Waals surface area contributed by atoms with E-state index in [2.05, 4.69) is 10.4 Å². The largest absolute Gasteiger partial charge is 0.462 e. The Bertz CT molecular complexity index is 479. The van der Waals surface area contributed by atoms with Crippen molar-refractivity contribution >= 4 is 5.97 Å². The summed E-state index contributed by atoms with van der Waals surface area (Å²) in [4.78, 5) is 11.5. The van der Waals surface area contributed by atoms with E-state index in [-0.39, 0.29) is 38.1 Å². The molecule has 0 atom stereocenters. The van der Waals surface area contributed by atoms with Gasteiger partial charge in [0.1, 0.15) is 0 Å². The average Bonchev–Trinajstić information content (AvgIpc) is 2.88. The van der Waals surface area contributed by atoms with Gasteiger partial charge in [-0.05, 0) is 32.9 Å². The van der Waals surface area contributed by atoms with Crippen LogP contribution in [0.25, 0.3) is 0 Å². The lowest BCUT2D eigenvalue weighted by Crippen LogP contribution is -2.54. The second-order valence-corrected chi connectivity index (χ2v) is 4.67. The summed E-state index contributed by atoms with van der Waals surface area (Å²) in [6.07, 6.45) is -2.40. The maximum Gasteiger partial charge on any atom is 0.413 e. The standard InChI is InChI=1S/C12H16F3N3O2/c1-2-20-10(19)9-7-17-18(8-9)11(12(13,14)15)3-5-16-6-4-11/h7-8,16H,2-6H2,1H3. The highest BCUT2D eigenvalue weighted by molar-refractivity contribution is 5.88. The fourth-order valence-electron chi connectivity index (χ4n) is 2.36. The molecule has 0 radical (unpaired) electrons. The Morgan fingerprint density at radius 3 is 2.70 bits per heavy atom. The number of nitrogens with zero attached hydrogens (tertiary/aromatic N) is 2. The van der Waals surface area contributed by atoms with E-state index in [1.807, 2.05) is 0 Å². The maximum absolute atomic E-state index is 13.4. The van der Waals surface area contributed by atoms with Crippen LogP contribution in [0.2, 0.25) is 0 Å². The highest BCUT2D eigenvalue weighted by Crippen LogP contribution is 2.43. The van der Waals surface area contributed by atoms with Gasteiger partial charge in [0.15, 0.2) is 5.54 Å². The third-order valence-corrected chi connectivity index (χ3v) is 3.49. The first-order chi connectivity index (χ1) is 9.40. The summed E-state index contributed by atoms with van der Waals surface area (Å²) >= 11 is 0. The first-order valence-electron chi connectivity index (χ1n) is 6.40. The topological polar surface area (TPSA) is 56.1 Å². The molecule has 1 saturated heterocycles. The maximum atomic E-state index is 13.4. The molecule has 112 valence electrons. The van der Waals surface area contributed by atoms with E-state index in [0.29, 0.717) is 0 Å². The fraction of sp³-hybridized carbons (Fsp3) is 0.667. The van der Waals surface area contributed by atoms with Crippen molar-refractivity contribution in [1.82, 2.24) is 15.1 Å². The lowest BCUT2D eigenvalue weighted by Gasteiger charge is -2.39. The van der Waals surface area contributed by atoms with Crippen LogP contribution in [0.3, 0.4) is 0 Å². The third kappa shape index (κ3) is 2.52. The number of hydrogen-bond acceptors (Lipinski definition) is 4. The monoisotopic (exact) mass is 291 g/mol. The van der Waals surface area contributed by atoms with Gasteiger partial charge in [0.05, 0.1) is 18.4 Å². The minimum absolute atomic E-state index is 0.0361. The Kier molecular flexibility index (Phi) is 4.03. The van der Waals surface area contributed by atoms with Gasteiger partial charge in [-0.2, -0.15) is 18.3 Å². The van der Waals surface area contributed by atoms with Gasteiger partial charge in [-0.15, -0.1) is 0 Å². The number of rotatable bonds is 3. The predicted octanol–water partition coefficient (Wildman–Crippen LogP) is 1.70. The smallest absolute Gasteiger partial charge is 0.413 e. The van der Waals surface area contributed by atoms with Gasteiger partial charge < -0.3 is 10.1 Å². The number of aromatic nitrogens is 2. The van der Waals surface area contributed by atoms with Crippen LogP contribution in [0.5, 0.6) is 0 Å². The molecule has 1 aromatic rings. The second-order valence-electron chi connectivity index (χ2n) is 4.67. The number of alkyl halides is 3. The molecule has 1 aliphatic heterocycles. The summed E-state index contributed by atoms with van der Waals surface area (Å²) in [5, 5.41) is 6.65. The zero-order valence-electron chi connectivity index (χ0n) is 11.0. The van der Waals surface area contributed by atoms with E-state index in [1.54, 1.807) is 6.92 Å². The number of piperidine rings is 1. The van der Waals surface area contributed by atoms with E-state index in [0.717, 1.165) is 17.1 Å². The molecule has 0 amide bonds. The van der Waals surface area contributed by atoms with E-state index in [4.69, 9.17) is 4.74 Å². The summed E-state index contributed by atoms with van der Waals surface area (Å²) in [6, 6.07) is 0. The van der Waals surface area contributed by atoms with E-state index < -0.39 is 17.7 Å². The van der Waals surface area contributed by atoms with E-state index in [1.165, 1.54) is 0 Å². The van der Waals surface area contributed by atoms with Gasteiger partial charge in [0.25, 0.3) is 0 Å². The highest BCUT2D eigenvalue weighted by atomic mass is 19.4. The van der Waals surface area contributed by atoms with Crippen molar-refractivity contribution in [2.45, 2.75) is 31.5 Å². The predicted molar refractivity (Wildman–Crippen MR) is 64.3 cm³/mol. The molecule has 0 unspecified atom stereocenters. The zero-order chi connectivity index (χ0) is 14.8. The molecule has 2 heterocycles. The van der Waals surface area contributed by atoms with E-state index in [9.17, 15) is 18.0 Å². The lowest BCUT2D eigenvalue weighted by atomic mass is 9.88. The Morgan fingerprint density at radius 2 is 2.15 bits per heavy atom. The molecule has 0 saturated carbocycles. The van der Waals surface area contributed by atoms with Crippen LogP contribution in [-0.4, -0.2) is 41.6 Å². The first kappa shape index (κ1) is 14.8. The number of carbonyl (C=O) groups excluding carboxylic acids is 1. The van der Waals surface area contributed by atoms with Crippen LogP contribution >= 0.6 is 0 Å². The molecule has 0 aliphatic carbocycles. The normalized spacial score (nSPS) is 18.8. The molecule has 1 fully saturated rings. The summed E-state index contributed by atoms with van der Waals surface area (Å²) in [5.74, 6) is -0.662. The molecule has 5 nitrogen and oxygen atoms in total. The van der Waals surface area contributed by atoms with Gasteiger partial charge in [0, 0.05) is 6.20 Å². The van der Waals surface area contributed by atoms with Crippen LogP contribution in [0.15, 0.2) is 12.4 Å². The van der Waals surface area contributed by atoms with Crippen molar-refractivity contribution in [3.8, 4) is 0 Å². The van der Waals surface area contributed by atoms with Crippen LogP contribution < -0.4 is 5.32 Å². The third-order valence-electron chi connectivity index (χ3n) is 3.49. The fourth-order valence-corrected chi connectivity index (χ4v) is 2.36. The molecule has 0 aromatic carbocycles. The minimum Gasteiger partial charge on any atom is -0.462 e. The van der Waals surface area contributed by atoms with Crippen molar-refractivity contribution in [1.29, 1.82) is 0 Å². The Labute approximate surface area is 114 Å². The SMILES string of the molecule is CCOC(=O)c1cnn(C2(C(F)(F)F)CCNCC2)c1. The van der Waals surface area contributed by atoms with Crippen LogP contribution in [0.1, 0.15) is 30.1 Å². The number of halogens is 3. The summed E-state index contributed by atoms with van der Waals surface area (Å²) in [6.45, 7) is 2.31. The Balaban J connectivity index is 2.33. The van der Waals surface area contributed by atoms with Crippen LogP contribution in [-0.2, 0) is 10.3 Å². The van der Waals surface area contributed by atoms with Crippen molar-refractivity contribution in [2.75, 3.05) is 19.7 Å². The van der Waals surface area contributed by atoms with Crippen molar-refractivity contribution in [3.63, 3.8) is 0 Å². The molecule has 0 spiro atoms. The molecule has 1 aliphatic rings. The highest BCUT2D eigenvalue weighted by Gasteiger charge is 2.57. The number of ether oxygens (including phenoxy) is 1. The summed E-state index contributed by atoms with van der Waals surface area (Å²) in [5.41, 5.74) is -2.02. The molecule has 1 N–H and O–H groups in total. The number of nitrogens with one attached hydrogen (secondary N) is 1. The Hall–Kier alpha value is -1.57. The molecule has 8 heteroatoms. The van der Waals surface area contributed by atoms with Gasteiger partial charge in [-0.25, -0.2) is 4.79 Å². The number of esters is 1. The zero-order valence-corrected chi connectivity index (χ0v) is 11.0. The van der Waals surface area contributed by atoms with Crippen molar-refractivity contribution < 1.29 is 22.7 Å². The number of hydrogen-bond donors (Lipinski definition) is 1. The molecule has 2 rings (SSSR count). The van der Waals surface area contributed by atoms with Gasteiger partial charge in [0.2, 0.25) is 0 Å². The Morgan fingerprint density at radius 1 is 1.50 bits per heavy atom. The molecule has 1 aromatic heterocycles.